The van der Waals surface area contributed by atoms with Gasteiger partial charge in [-0.3, -0.25) is 9.36 Å². The number of fused-ring (bicyclic) bond motifs is 1. The number of aliphatic hydroxyl groups excluding tert-OH is 1. The second kappa shape index (κ2) is 10.1. The fourth-order valence-corrected chi connectivity index (χ4v) is 5.46. The highest BCUT2D eigenvalue weighted by molar-refractivity contribution is 6.30. The Balaban J connectivity index is 1.51. The quantitative estimate of drug-likeness (QED) is 0.379. The predicted octanol–water partition coefficient (Wildman–Crippen LogP) is 4.43. The van der Waals surface area contributed by atoms with E-state index in [1.807, 2.05) is 4.57 Å². The number of carbonyl (C=O) groups is 1. The fraction of sp³-hybridized carbons (Fsp3) is 0.500. The summed E-state index contributed by atoms with van der Waals surface area (Å²) in [5.41, 5.74) is 6.10. The Labute approximate surface area is 211 Å². The molecule has 1 aromatic carbocycles. The molecule has 36 heavy (non-hydrogen) atoms. The maximum Gasteiger partial charge on any atom is 0.224 e. The largest absolute Gasteiger partial charge is 0.393 e. The lowest BCUT2D eigenvalue weighted by molar-refractivity contribution is -0.122. The van der Waals surface area contributed by atoms with Gasteiger partial charge in [-0.15, -0.1) is 0 Å². The molecule has 2 aromatic heterocycles. The van der Waals surface area contributed by atoms with Gasteiger partial charge in [0.1, 0.15) is 11.2 Å². The minimum Gasteiger partial charge on any atom is -0.393 e. The van der Waals surface area contributed by atoms with E-state index in [0.29, 0.717) is 49.2 Å². The van der Waals surface area contributed by atoms with Crippen molar-refractivity contribution >= 4 is 46.3 Å². The van der Waals surface area contributed by atoms with Crippen LogP contribution in [0, 0.1) is 17.6 Å². The smallest absolute Gasteiger partial charge is 0.224 e. The number of nitrogens with two attached hydrogens (primary N) is 1. The third-order valence-corrected chi connectivity index (χ3v) is 7.34. The van der Waals surface area contributed by atoms with Crippen LogP contribution in [0.25, 0.3) is 11.2 Å². The monoisotopic (exact) mass is 519 g/mol. The number of benzene rings is 1. The van der Waals surface area contributed by atoms with Gasteiger partial charge in [-0.1, -0.05) is 11.6 Å². The first kappa shape index (κ1) is 24.6. The highest BCUT2D eigenvalue weighted by Crippen LogP contribution is 2.38. The molecule has 0 radical (unpaired) electrons. The van der Waals surface area contributed by atoms with Crippen molar-refractivity contribution in [1.29, 1.82) is 0 Å². The number of anilines is 3. The molecule has 2 aliphatic rings. The van der Waals surface area contributed by atoms with Gasteiger partial charge in [-0.05, 0) is 63.5 Å². The van der Waals surface area contributed by atoms with Crippen LogP contribution < -0.4 is 16.4 Å². The third kappa shape index (κ3) is 5.08. The lowest BCUT2D eigenvalue weighted by atomic mass is 9.85. The molecule has 9 nitrogen and oxygen atoms in total. The molecule has 0 bridgehead atoms. The third-order valence-electron chi connectivity index (χ3n) is 7.12. The number of aromatic nitrogens is 4. The molecule has 12 heteroatoms. The number of nitrogens with one attached hydrogen (secondary N) is 2. The van der Waals surface area contributed by atoms with Crippen LogP contribution in [0.5, 0.6) is 0 Å². The van der Waals surface area contributed by atoms with E-state index in [2.05, 4.69) is 20.6 Å². The van der Waals surface area contributed by atoms with Gasteiger partial charge in [0.2, 0.25) is 17.8 Å². The average Bonchev–Trinajstić information content (AvgIpc) is 3.18. The number of amides is 1. The molecule has 0 spiro atoms. The fourth-order valence-electron chi connectivity index (χ4n) is 5.26. The van der Waals surface area contributed by atoms with Gasteiger partial charge in [0, 0.05) is 23.0 Å². The van der Waals surface area contributed by atoms with Gasteiger partial charge >= 0.3 is 0 Å². The number of carbonyl (C=O) groups excluding carboxylic acids is 1. The Kier molecular flexibility index (Phi) is 6.94. The number of imidazole rings is 1. The van der Waals surface area contributed by atoms with Crippen LogP contribution in [-0.2, 0) is 4.79 Å². The van der Waals surface area contributed by atoms with Crippen molar-refractivity contribution in [3.63, 3.8) is 0 Å². The Morgan fingerprint density at radius 3 is 2.50 bits per heavy atom. The minimum absolute atomic E-state index is 0.0448. The molecule has 0 aliphatic heterocycles. The molecule has 2 saturated carbocycles. The molecule has 1 amide bonds. The van der Waals surface area contributed by atoms with Gasteiger partial charge in [-0.25, -0.2) is 18.7 Å². The molecule has 0 saturated heterocycles. The number of halogens is 3. The standard InChI is InChI=1S/C24H28ClF2N7O2/c25-13-8-17(26)20(18(27)9-13)32-24-31-19-11-29-23(30-14-2-1-3-16(35)10-14)33-22(19)34(24)15-6-4-12(5-7-15)21(28)36/h8-9,11-12,14-16,35H,1-7,10H2,(H2,28,36)(H,31,32)(H,29,30,33)/t12-,14-,15-,16+/m0/s1. The molecule has 192 valence electrons. The van der Waals surface area contributed by atoms with Crippen molar-refractivity contribution < 1.29 is 18.7 Å². The van der Waals surface area contributed by atoms with Gasteiger partial charge in [0.05, 0.1) is 12.3 Å². The average molecular weight is 520 g/mol. The van der Waals surface area contributed by atoms with E-state index < -0.39 is 11.6 Å². The number of hydrogen-bond donors (Lipinski definition) is 4. The van der Waals surface area contributed by atoms with E-state index in [-0.39, 0.29) is 46.7 Å². The molecule has 0 unspecified atom stereocenters. The van der Waals surface area contributed by atoms with Crippen LogP contribution in [0.3, 0.4) is 0 Å². The highest BCUT2D eigenvalue weighted by Gasteiger charge is 2.30. The lowest BCUT2D eigenvalue weighted by Crippen LogP contribution is -2.30. The predicted molar refractivity (Wildman–Crippen MR) is 132 cm³/mol. The first-order chi connectivity index (χ1) is 17.3. The summed E-state index contributed by atoms with van der Waals surface area (Å²) in [5.74, 6) is -1.61. The summed E-state index contributed by atoms with van der Waals surface area (Å²) in [4.78, 5) is 25.3. The Bertz CT molecular complexity index is 1260. The number of rotatable bonds is 6. The molecular formula is C24H28ClF2N7O2. The van der Waals surface area contributed by atoms with Crippen LogP contribution in [0.15, 0.2) is 18.3 Å². The van der Waals surface area contributed by atoms with Gasteiger partial charge < -0.3 is 21.5 Å². The molecule has 2 heterocycles. The Hall–Kier alpha value is -3.05. The summed E-state index contributed by atoms with van der Waals surface area (Å²) in [6.45, 7) is 0. The van der Waals surface area contributed by atoms with E-state index in [4.69, 9.17) is 22.3 Å². The SMILES string of the molecule is NC(=O)[C@H]1CC[C@H](n2c(Nc3c(F)cc(Cl)cc3F)nc3cnc(N[C@H]4CCC[C@@H](O)C4)nc32)CC1. The normalized spacial score (nSPS) is 24.6. The first-order valence-corrected chi connectivity index (χ1v) is 12.6. The highest BCUT2D eigenvalue weighted by atomic mass is 35.5. The second-order valence-electron chi connectivity index (χ2n) is 9.65. The summed E-state index contributed by atoms with van der Waals surface area (Å²) in [5, 5.41) is 16.0. The number of nitrogens with zero attached hydrogens (tertiary/aromatic N) is 4. The number of primary amides is 1. The van der Waals surface area contributed by atoms with Gasteiger partial charge in [0.15, 0.2) is 17.3 Å². The topological polar surface area (TPSA) is 131 Å². The molecule has 5 N–H and O–H groups in total. The van der Waals surface area contributed by atoms with E-state index in [1.54, 1.807) is 6.20 Å². The first-order valence-electron chi connectivity index (χ1n) is 12.2. The Morgan fingerprint density at radius 2 is 1.83 bits per heavy atom. The zero-order chi connectivity index (χ0) is 25.4. The van der Waals surface area contributed by atoms with Crippen LogP contribution in [0.2, 0.25) is 5.02 Å². The van der Waals surface area contributed by atoms with Crippen LogP contribution in [-0.4, -0.2) is 42.7 Å². The van der Waals surface area contributed by atoms with Crippen LogP contribution >= 0.6 is 11.6 Å². The van der Waals surface area contributed by atoms with Crippen molar-refractivity contribution in [3.05, 3.63) is 35.0 Å². The summed E-state index contributed by atoms with van der Waals surface area (Å²) in [6.07, 6.45) is 6.86. The summed E-state index contributed by atoms with van der Waals surface area (Å²) in [6, 6.07) is 1.98. The maximum atomic E-state index is 14.6. The molecule has 3 aromatic rings. The van der Waals surface area contributed by atoms with Crippen molar-refractivity contribution in [1.82, 2.24) is 19.5 Å². The van der Waals surface area contributed by atoms with E-state index in [0.717, 1.165) is 31.4 Å². The van der Waals surface area contributed by atoms with Crippen LogP contribution in [0.1, 0.15) is 57.4 Å². The van der Waals surface area contributed by atoms with Gasteiger partial charge in [-0.2, -0.15) is 4.98 Å². The summed E-state index contributed by atoms with van der Waals surface area (Å²) < 4.78 is 31.0. The van der Waals surface area contributed by atoms with Crippen LogP contribution in [0.4, 0.5) is 26.4 Å². The lowest BCUT2D eigenvalue weighted by Gasteiger charge is -2.29. The molecule has 5 rings (SSSR count). The minimum atomic E-state index is -0.847. The van der Waals surface area contributed by atoms with Crippen molar-refractivity contribution in [2.75, 3.05) is 10.6 Å². The van der Waals surface area contributed by atoms with Crippen molar-refractivity contribution in [3.8, 4) is 0 Å². The van der Waals surface area contributed by atoms with E-state index in [1.165, 1.54) is 0 Å². The molecular weight excluding hydrogens is 492 g/mol. The molecule has 2 aliphatic carbocycles. The van der Waals surface area contributed by atoms with E-state index in [9.17, 15) is 18.7 Å². The molecule has 2 atom stereocenters. The Morgan fingerprint density at radius 1 is 1.11 bits per heavy atom. The van der Waals surface area contributed by atoms with Gasteiger partial charge in [0.25, 0.3) is 0 Å². The van der Waals surface area contributed by atoms with Crippen molar-refractivity contribution in [2.24, 2.45) is 11.7 Å². The second-order valence-corrected chi connectivity index (χ2v) is 10.1. The zero-order valence-corrected chi connectivity index (χ0v) is 20.3. The maximum absolute atomic E-state index is 14.6. The summed E-state index contributed by atoms with van der Waals surface area (Å²) >= 11 is 5.78. The van der Waals surface area contributed by atoms with Crippen molar-refractivity contribution in [2.45, 2.75) is 69.6 Å². The number of aliphatic hydroxyl groups is 1. The van der Waals surface area contributed by atoms with E-state index >= 15 is 0 Å². The number of hydrogen-bond acceptors (Lipinski definition) is 7. The molecule has 2 fully saturated rings. The summed E-state index contributed by atoms with van der Waals surface area (Å²) in [7, 11) is 0. The zero-order valence-electron chi connectivity index (χ0n) is 19.6.